The summed E-state index contributed by atoms with van der Waals surface area (Å²) < 4.78 is 28.6. The van der Waals surface area contributed by atoms with E-state index in [4.69, 9.17) is 0 Å². The van der Waals surface area contributed by atoms with Gasteiger partial charge in [-0.15, -0.1) is 11.3 Å². The number of hydrogen-bond acceptors (Lipinski definition) is 6. The molecule has 1 amide bonds. The SMILES string of the molecule is Cc1ccc(C)c(S(=O)(=O)NCCNC(=O)c2ccc(CSc3nc(C)cs3)cc2)c1. The summed E-state index contributed by atoms with van der Waals surface area (Å²) in [5.74, 6) is 0.551. The first-order valence-corrected chi connectivity index (χ1v) is 13.1. The summed E-state index contributed by atoms with van der Waals surface area (Å²) in [6.07, 6.45) is 0. The number of thiazole rings is 1. The molecule has 0 atom stereocenters. The number of aryl methyl sites for hydroxylation is 3. The van der Waals surface area contributed by atoms with Crippen LogP contribution >= 0.6 is 23.1 Å². The second-order valence-electron chi connectivity index (χ2n) is 7.16. The van der Waals surface area contributed by atoms with Gasteiger partial charge in [0, 0.05) is 35.5 Å². The van der Waals surface area contributed by atoms with Gasteiger partial charge in [-0.3, -0.25) is 4.79 Å². The standard InChI is InChI=1S/C22H25N3O3S3/c1-15-4-5-16(2)20(12-15)31(27,28)24-11-10-23-21(26)19-8-6-18(7-9-19)14-30-22-25-17(3)13-29-22/h4-9,12-13,24H,10-11,14H2,1-3H3,(H,23,26). The molecule has 6 nitrogen and oxygen atoms in total. The number of nitrogens with one attached hydrogen (secondary N) is 2. The van der Waals surface area contributed by atoms with Crippen LogP contribution in [0.4, 0.5) is 0 Å². The largest absolute Gasteiger partial charge is 0.351 e. The molecule has 0 spiro atoms. The fraction of sp³-hybridized carbons (Fsp3) is 0.273. The molecule has 2 aromatic carbocycles. The average molecular weight is 476 g/mol. The van der Waals surface area contributed by atoms with Crippen molar-refractivity contribution in [1.29, 1.82) is 0 Å². The zero-order chi connectivity index (χ0) is 22.4. The van der Waals surface area contributed by atoms with Gasteiger partial charge >= 0.3 is 0 Å². The highest BCUT2D eigenvalue weighted by atomic mass is 32.2. The molecule has 0 aliphatic heterocycles. The molecule has 31 heavy (non-hydrogen) atoms. The van der Waals surface area contributed by atoms with Gasteiger partial charge < -0.3 is 5.32 Å². The monoisotopic (exact) mass is 475 g/mol. The molecule has 0 fully saturated rings. The van der Waals surface area contributed by atoms with E-state index < -0.39 is 10.0 Å². The molecular formula is C22H25N3O3S3. The molecule has 9 heteroatoms. The lowest BCUT2D eigenvalue weighted by Crippen LogP contribution is -2.35. The summed E-state index contributed by atoms with van der Waals surface area (Å²) in [7, 11) is -3.62. The number of amides is 1. The Bertz CT molecular complexity index is 1160. The van der Waals surface area contributed by atoms with Crippen molar-refractivity contribution in [3.05, 3.63) is 75.8 Å². The van der Waals surface area contributed by atoms with Crippen molar-refractivity contribution in [3.8, 4) is 0 Å². The van der Waals surface area contributed by atoms with Gasteiger partial charge in [0.05, 0.1) is 4.90 Å². The molecule has 0 aliphatic carbocycles. The highest BCUT2D eigenvalue weighted by Crippen LogP contribution is 2.26. The zero-order valence-corrected chi connectivity index (χ0v) is 20.1. The smallest absolute Gasteiger partial charge is 0.251 e. The quantitative estimate of drug-likeness (QED) is 0.360. The van der Waals surface area contributed by atoms with Gasteiger partial charge in [-0.05, 0) is 55.7 Å². The Kier molecular flexibility index (Phi) is 7.88. The summed E-state index contributed by atoms with van der Waals surface area (Å²) >= 11 is 3.30. The Labute approximate surface area is 191 Å². The lowest BCUT2D eigenvalue weighted by molar-refractivity contribution is 0.0954. The van der Waals surface area contributed by atoms with Crippen LogP contribution in [-0.2, 0) is 15.8 Å². The summed E-state index contributed by atoms with van der Waals surface area (Å²) in [6, 6.07) is 12.7. The molecule has 0 saturated carbocycles. The van der Waals surface area contributed by atoms with Gasteiger partial charge in [-0.1, -0.05) is 36.0 Å². The third kappa shape index (κ3) is 6.64. The molecule has 0 radical (unpaired) electrons. The van der Waals surface area contributed by atoms with E-state index in [0.717, 1.165) is 26.9 Å². The van der Waals surface area contributed by atoms with Gasteiger partial charge in [-0.2, -0.15) is 0 Å². The maximum absolute atomic E-state index is 12.5. The Balaban J connectivity index is 1.46. The minimum atomic E-state index is -3.62. The van der Waals surface area contributed by atoms with Crippen LogP contribution in [0.3, 0.4) is 0 Å². The van der Waals surface area contributed by atoms with Gasteiger partial charge in [0.2, 0.25) is 10.0 Å². The van der Waals surface area contributed by atoms with E-state index in [2.05, 4.69) is 15.0 Å². The average Bonchev–Trinajstić information content (AvgIpc) is 3.16. The number of rotatable bonds is 9. The lowest BCUT2D eigenvalue weighted by atomic mass is 10.1. The Morgan fingerprint density at radius 1 is 1.06 bits per heavy atom. The van der Waals surface area contributed by atoms with E-state index >= 15 is 0 Å². The van der Waals surface area contributed by atoms with Crippen LogP contribution in [0.5, 0.6) is 0 Å². The maximum Gasteiger partial charge on any atom is 0.251 e. The highest BCUT2D eigenvalue weighted by Gasteiger charge is 2.16. The summed E-state index contributed by atoms with van der Waals surface area (Å²) in [6.45, 7) is 5.90. The van der Waals surface area contributed by atoms with Gasteiger partial charge in [0.1, 0.15) is 4.34 Å². The van der Waals surface area contributed by atoms with Crippen LogP contribution in [0.15, 0.2) is 57.1 Å². The maximum atomic E-state index is 12.5. The van der Waals surface area contributed by atoms with Crippen LogP contribution in [0.2, 0.25) is 0 Å². The molecule has 1 aromatic heterocycles. The molecule has 3 rings (SSSR count). The minimum Gasteiger partial charge on any atom is -0.351 e. The Hall–Kier alpha value is -2.20. The summed E-state index contributed by atoms with van der Waals surface area (Å²) in [4.78, 5) is 17.0. The van der Waals surface area contributed by atoms with Crippen LogP contribution in [-0.4, -0.2) is 32.4 Å². The normalized spacial score (nSPS) is 11.5. The highest BCUT2D eigenvalue weighted by molar-refractivity contribution is 8.00. The molecular weight excluding hydrogens is 450 g/mol. The fourth-order valence-electron chi connectivity index (χ4n) is 2.83. The van der Waals surface area contributed by atoms with Crippen molar-refractivity contribution < 1.29 is 13.2 Å². The molecule has 3 aromatic rings. The van der Waals surface area contributed by atoms with Crippen molar-refractivity contribution in [2.24, 2.45) is 0 Å². The molecule has 0 saturated heterocycles. The van der Waals surface area contributed by atoms with Crippen molar-refractivity contribution in [2.75, 3.05) is 13.1 Å². The first-order valence-electron chi connectivity index (χ1n) is 9.73. The van der Waals surface area contributed by atoms with E-state index in [1.807, 2.05) is 37.4 Å². The van der Waals surface area contributed by atoms with Gasteiger partial charge in [-0.25, -0.2) is 18.1 Å². The van der Waals surface area contributed by atoms with Crippen LogP contribution < -0.4 is 10.0 Å². The Morgan fingerprint density at radius 3 is 2.48 bits per heavy atom. The number of nitrogens with zero attached hydrogens (tertiary/aromatic N) is 1. The molecule has 0 aliphatic rings. The predicted molar refractivity (Wildman–Crippen MR) is 126 cm³/mol. The molecule has 0 unspecified atom stereocenters. The van der Waals surface area contributed by atoms with E-state index in [0.29, 0.717) is 11.1 Å². The zero-order valence-electron chi connectivity index (χ0n) is 17.6. The van der Waals surface area contributed by atoms with Crippen molar-refractivity contribution >= 4 is 39.0 Å². The first kappa shape index (κ1) is 23.5. The summed E-state index contributed by atoms with van der Waals surface area (Å²) in [5.41, 5.74) is 4.23. The number of hydrogen-bond donors (Lipinski definition) is 2. The van der Waals surface area contributed by atoms with Crippen LogP contribution in [0, 0.1) is 20.8 Å². The molecule has 2 N–H and O–H groups in total. The third-order valence-electron chi connectivity index (χ3n) is 4.51. The molecule has 164 valence electrons. The topological polar surface area (TPSA) is 88.2 Å². The number of carbonyl (C=O) groups excluding carboxylic acids is 1. The Morgan fingerprint density at radius 2 is 1.81 bits per heavy atom. The van der Waals surface area contributed by atoms with Crippen LogP contribution in [0.25, 0.3) is 0 Å². The van der Waals surface area contributed by atoms with E-state index in [9.17, 15) is 13.2 Å². The fourth-order valence-corrected chi connectivity index (χ4v) is 6.00. The second-order valence-corrected chi connectivity index (χ2v) is 11.0. The van der Waals surface area contributed by atoms with Crippen molar-refractivity contribution in [3.63, 3.8) is 0 Å². The lowest BCUT2D eigenvalue weighted by Gasteiger charge is -2.11. The minimum absolute atomic E-state index is 0.114. The number of thioether (sulfide) groups is 1. The van der Waals surface area contributed by atoms with Gasteiger partial charge in [0.15, 0.2) is 0 Å². The first-order chi connectivity index (χ1) is 14.7. The van der Waals surface area contributed by atoms with E-state index in [1.165, 1.54) is 0 Å². The van der Waals surface area contributed by atoms with Crippen LogP contribution in [0.1, 0.15) is 32.7 Å². The summed E-state index contributed by atoms with van der Waals surface area (Å²) in [5, 5.41) is 4.78. The third-order valence-corrected chi connectivity index (χ3v) is 8.33. The second kappa shape index (κ2) is 10.4. The van der Waals surface area contributed by atoms with Gasteiger partial charge in [0.25, 0.3) is 5.91 Å². The number of carbonyl (C=O) groups is 1. The molecule has 1 heterocycles. The van der Waals surface area contributed by atoms with Crippen molar-refractivity contribution in [1.82, 2.24) is 15.0 Å². The molecule has 0 bridgehead atoms. The van der Waals surface area contributed by atoms with E-state index in [1.54, 1.807) is 54.3 Å². The van der Waals surface area contributed by atoms with E-state index in [-0.39, 0.29) is 23.9 Å². The predicted octanol–water partition coefficient (Wildman–Crippen LogP) is 4.07. The number of aromatic nitrogens is 1. The van der Waals surface area contributed by atoms with Crippen molar-refractivity contribution in [2.45, 2.75) is 35.8 Å². The number of sulfonamides is 1. The number of benzene rings is 2.